The van der Waals surface area contributed by atoms with Crippen LogP contribution >= 0.6 is 0 Å². The highest BCUT2D eigenvalue weighted by molar-refractivity contribution is 5.79. The zero-order valence-corrected chi connectivity index (χ0v) is 11.1. The molecule has 1 fully saturated rings. The van der Waals surface area contributed by atoms with Crippen LogP contribution in [0.25, 0.3) is 0 Å². The summed E-state index contributed by atoms with van der Waals surface area (Å²) in [5.74, 6) is 0.275. The van der Waals surface area contributed by atoms with E-state index in [2.05, 4.69) is 0 Å². The van der Waals surface area contributed by atoms with Crippen molar-refractivity contribution in [3.8, 4) is 0 Å². The second-order valence-corrected chi connectivity index (χ2v) is 5.20. The van der Waals surface area contributed by atoms with Crippen LogP contribution in [0, 0.1) is 12.8 Å². The number of aliphatic hydroxyl groups is 1. The van der Waals surface area contributed by atoms with Crippen molar-refractivity contribution in [3.05, 3.63) is 35.4 Å². The average molecular weight is 247 g/mol. The van der Waals surface area contributed by atoms with E-state index in [1.165, 1.54) is 0 Å². The number of aliphatic hydroxyl groups excluding tert-OH is 1. The Morgan fingerprint density at radius 1 is 1.44 bits per heavy atom. The summed E-state index contributed by atoms with van der Waals surface area (Å²) >= 11 is 0. The highest BCUT2D eigenvalue weighted by atomic mass is 16.3. The Morgan fingerprint density at radius 3 is 2.89 bits per heavy atom. The molecule has 1 N–H and O–H groups in total. The van der Waals surface area contributed by atoms with Crippen molar-refractivity contribution in [1.82, 2.24) is 4.90 Å². The number of aryl methyl sites for hydroxylation is 1. The fourth-order valence-electron chi connectivity index (χ4n) is 2.58. The van der Waals surface area contributed by atoms with Gasteiger partial charge in [0.1, 0.15) is 0 Å². The summed E-state index contributed by atoms with van der Waals surface area (Å²) in [6.07, 6.45) is 1.42. The zero-order valence-electron chi connectivity index (χ0n) is 11.1. The Balaban J connectivity index is 2.05. The molecule has 0 aliphatic carbocycles. The summed E-state index contributed by atoms with van der Waals surface area (Å²) in [7, 11) is 0. The summed E-state index contributed by atoms with van der Waals surface area (Å²) in [5.41, 5.74) is 1.99. The SMILES string of the molecule is Cc1ccccc1C(O)CN1CCCC(C)C1=O. The third-order valence-electron chi connectivity index (χ3n) is 3.74. The summed E-state index contributed by atoms with van der Waals surface area (Å²) in [6.45, 7) is 5.13. The quantitative estimate of drug-likeness (QED) is 0.890. The largest absolute Gasteiger partial charge is 0.387 e. The van der Waals surface area contributed by atoms with Crippen LogP contribution in [0.1, 0.15) is 37.0 Å². The molecule has 1 aliphatic rings. The average Bonchev–Trinajstić information content (AvgIpc) is 2.35. The Labute approximate surface area is 108 Å². The lowest BCUT2D eigenvalue weighted by molar-refractivity contribution is -0.139. The molecule has 0 bridgehead atoms. The molecule has 0 aromatic heterocycles. The van der Waals surface area contributed by atoms with Gasteiger partial charge in [-0.1, -0.05) is 31.2 Å². The molecule has 1 saturated heterocycles. The predicted molar refractivity (Wildman–Crippen MR) is 71.1 cm³/mol. The van der Waals surface area contributed by atoms with Crippen molar-refractivity contribution >= 4 is 5.91 Å². The van der Waals surface area contributed by atoms with E-state index in [-0.39, 0.29) is 11.8 Å². The first-order valence-electron chi connectivity index (χ1n) is 6.62. The molecule has 0 radical (unpaired) electrons. The second kappa shape index (κ2) is 5.53. The van der Waals surface area contributed by atoms with E-state index in [0.717, 1.165) is 30.5 Å². The lowest BCUT2D eigenvalue weighted by Gasteiger charge is -2.32. The minimum absolute atomic E-state index is 0.0998. The molecule has 1 heterocycles. The summed E-state index contributed by atoms with van der Waals surface area (Å²) in [5, 5.41) is 10.3. The number of benzene rings is 1. The van der Waals surface area contributed by atoms with E-state index in [0.29, 0.717) is 6.54 Å². The third-order valence-corrected chi connectivity index (χ3v) is 3.74. The minimum atomic E-state index is -0.583. The normalized spacial score (nSPS) is 22.1. The van der Waals surface area contributed by atoms with Crippen LogP contribution in [-0.4, -0.2) is 29.0 Å². The number of amides is 1. The first-order valence-corrected chi connectivity index (χ1v) is 6.62. The molecule has 3 heteroatoms. The molecule has 2 rings (SSSR count). The van der Waals surface area contributed by atoms with Crippen molar-refractivity contribution in [2.24, 2.45) is 5.92 Å². The maximum Gasteiger partial charge on any atom is 0.225 e. The molecule has 0 saturated carbocycles. The molecule has 3 nitrogen and oxygen atoms in total. The van der Waals surface area contributed by atoms with Gasteiger partial charge in [0.15, 0.2) is 0 Å². The molecule has 2 atom stereocenters. The van der Waals surface area contributed by atoms with Gasteiger partial charge in [-0.3, -0.25) is 4.79 Å². The maximum atomic E-state index is 12.0. The minimum Gasteiger partial charge on any atom is -0.387 e. The number of hydrogen-bond acceptors (Lipinski definition) is 2. The third kappa shape index (κ3) is 2.72. The van der Waals surface area contributed by atoms with Crippen molar-refractivity contribution < 1.29 is 9.90 Å². The van der Waals surface area contributed by atoms with E-state index in [9.17, 15) is 9.90 Å². The van der Waals surface area contributed by atoms with Crippen LogP contribution in [0.3, 0.4) is 0 Å². The lowest BCUT2D eigenvalue weighted by atomic mass is 9.97. The topological polar surface area (TPSA) is 40.5 Å². The number of piperidine rings is 1. The Bertz CT molecular complexity index is 430. The van der Waals surface area contributed by atoms with Crippen LogP contribution in [0.15, 0.2) is 24.3 Å². The molecule has 98 valence electrons. The van der Waals surface area contributed by atoms with E-state index in [1.807, 2.05) is 38.1 Å². The molecule has 1 aromatic rings. The van der Waals surface area contributed by atoms with Gasteiger partial charge in [0.2, 0.25) is 5.91 Å². The van der Waals surface area contributed by atoms with E-state index in [1.54, 1.807) is 4.90 Å². The summed E-state index contributed by atoms with van der Waals surface area (Å²) in [4.78, 5) is 13.8. The van der Waals surface area contributed by atoms with E-state index < -0.39 is 6.10 Å². The predicted octanol–water partition coefficient (Wildman–Crippen LogP) is 2.29. The van der Waals surface area contributed by atoms with Crippen molar-refractivity contribution in [2.75, 3.05) is 13.1 Å². The lowest BCUT2D eigenvalue weighted by Crippen LogP contribution is -2.42. The van der Waals surface area contributed by atoms with E-state index >= 15 is 0 Å². The van der Waals surface area contributed by atoms with Gasteiger partial charge in [0.05, 0.1) is 12.6 Å². The zero-order chi connectivity index (χ0) is 13.1. The van der Waals surface area contributed by atoms with Gasteiger partial charge < -0.3 is 10.0 Å². The van der Waals surface area contributed by atoms with Crippen molar-refractivity contribution in [2.45, 2.75) is 32.8 Å². The van der Waals surface area contributed by atoms with E-state index in [4.69, 9.17) is 0 Å². The van der Waals surface area contributed by atoms with Gasteiger partial charge in [-0.15, -0.1) is 0 Å². The molecular formula is C15H21NO2. The molecule has 18 heavy (non-hydrogen) atoms. The van der Waals surface area contributed by atoms with Crippen molar-refractivity contribution in [3.63, 3.8) is 0 Å². The van der Waals surface area contributed by atoms with Crippen molar-refractivity contribution in [1.29, 1.82) is 0 Å². The first-order chi connectivity index (χ1) is 8.59. The standard InChI is InChI=1S/C15H21NO2/c1-11-6-3-4-8-13(11)14(17)10-16-9-5-7-12(2)15(16)18/h3-4,6,8,12,14,17H,5,7,9-10H2,1-2H3. The monoisotopic (exact) mass is 247 g/mol. The van der Waals surface area contributed by atoms with Gasteiger partial charge in [-0.05, 0) is 30.9 Å². The van der Waals surface area contributed by atoms with Gasteiger partial charge in [0.25, 0.3) is 0 Å². The van der Waals surface area contributed by atoms with Gasteiger partial charge >= 0.3 is 0 Å². The van der Waals surface area contributed by atoms with Gasteiger partial charge in [-0.2, -0.15) is 0 Å². The van der Waals surface area contributed by atoms with Gasteiger partial charge in [-0.25, -0.2) is 0 Å². The molecule has 0 spiro atoms. The maximum absolute atomic E-state index is 12.0. The number of nitrogens with zero attached hydrogens (tertiary/aromatic N) is 1. The van der Waals surface area contributed by atoms with Crippen LogP contribution in [-0.2, 0) is 4.79 Å². The smallest absolute Gasteiger partial charge is 0.225 e. The number of likely N-dealkylation sites (tertiary alicyclic amines) is 1. The number of hydrogen-bond donors (Lipinski definition) is 1. The van der Waals surface area contributed by atoms with Gasteiger partial charge in [0, 0.05) is 12.5 Å². The van der Waals surface area contributed by atoms with Crippen LogP contribution < -0.4 is 0 Å². The Morgan fingerprint density at radius 2 is 2.17 bits per heavy atom. The Hall–Kier alpha value is -1.35. The molecule has 1 aromatic carbocycles. The number of rotatable bonds is 3. The highest BCUT2D eigenvalue weighted by Gasteiger charge is 2.27. The molecule has 1 amide bonds. The number of carbonyl (C=O) groups excluding carboxylic acids is 1. The number of carbonyl (C=O) groups is 1. The van der Waals surface area contributed by atoms with Crippen LogP contribution in [0.4, 0.5) is 0 Å². The summed E-state index contributed by atoms with van der Waals surface area (Å²) < 4.78 is 0. The molecule has 1 aliphatic heterocycles. The first kappa shape index (κ1) is 13.1. The number of β-amino-alcohol motifs (C(OH)–C–C–N with tert-alkyl or cyclic N) is 1. The fraction of sp³-hybridized carbons (Fsp3) is 0.533. The Kier molecular flexibility index (Phi) is 4.02. The summed E-state index contributed by atoms with van der Waals surface area (Å²) in [6, 6.07) is 7.79. The highest BCUT2D eigenvalue weighted by Crippen LogP contribution is 2.22. The molecule has 2 unspecified atom stereocenters. The van der Waals surface area contributed by atoms with Crippen LogP contribution in [0.2, 0.25) is 0 Å². The van der Waals surface area contributed by atoms with Crippen LogP contribution in [0.5, 0.6) is 0 Å². The molecular weight excluding hydrogens is 226 g/mol. The fourth-order valence-corrected chi connectivity index (χ4v) is 2.58. The second-order valence-electron chi connectivity index (χ2n) is 5.20.